The normalized spacial score (nSPS) is 18.2. The van der Waals surface area contributed by atoms with E-state index in [1.165, 1.54) is 5.56 Å². The molecule has 2 aromatic rings. The summed E-state index contributed by atoms with van der Waals surface area (Å²) in [6.07, 6.45) is 2.14. The maximum atomic E-state index is 12.2. The fourth-order valence-electron chi connectivity index (χ4n) is 3.08. The first-order valence-corrected chi connectivity index (χ1v) is 8.74. The van der Waals surface area contributed by atoms with Crippen LogP contribution in [0.25, 0.3) is 0 Å². The number of ether oxygens (including phenoxy) is 1. The fourth-order valence-corrected chi connectivity index (χ4v) is 3.08. The fraction of sp³-hybridized carbons (Fsp3) is 0.474. The van der Waals surface area contributed by atoms with Crippen LogP contribution in [0.15, 0.2) is 36.5 Å². The number of nitrogens with one attached hydrogen (secondary N) is 1. The molecule has 1 aromatic carbocycles. The summed E-state index contributed by atoms with van der Waals surface area (Å²) in [4.78, 5) is 14.6. The van der Waals surface area contributed by atoms with Crippen LogP contribution in [0.3, 0.4) is 0 Å². The van der Waals surface area contributed by atoms with Gasteiger partial charge in [0.05, 0.1) is 25.3 Å². The minimum atomic E-state index is -0.0487. The quantitative estimate of drug-likeness (QED) is 0.867. The molecule has 1 aliphatic heterocycles. The third-order valence-corrected chi connectivity index (χ3v) is 4.70. The molecule has 1 fully saturated rings. The van der Waals surface area contributed by atoms with Gasteiger partial charge in [0.1, 0.15) is 0 Å². The lowest BCUT2D eigenvalue weighted by molar-refractivity contribution is -0.126. The highest BCUT2D eigenvalue weighted by molar-refractivity contribution is 5.76. The number of aromatic nitrogens is 2. The van der Waals surface area contributed by atoms with Crippen molar-refractivity contribution >= 4 is 5.91 Å². The molecule has 1 aliphatic rings. The second-order valence-electron chi connectivity index (χ2n) is 6.57. The first-order chi connectivity index (χ1) is 12.1. The number of carbonyl (C=O) groups is 1. The molecule has 0 aliphatic carbocycles. The van der Waals surface area contributed by atoms with Gasteiger partial charge in [-0.3, -0.25) is 14.4 Å². The Balaban J connectivity index is 1.45. The first-order valence-electron chi connectivity index (χ1n) is 8.74. The Hall–Kier alpha value is -2.18. The minimum absolute atomic E-state index is 0.0230. The molecule has 2 heterocycles. The second kappa shape index (κ2) is 8.27. The Bertz CT molecular complexity index is 699. The third-order valence-electron chi connectivity index (χ3n) is 4.70. The zero-order valence-electron chi connectivity index (χ0n) is 14.9. The van der Waals surface area contributed by atoms with E-state index in [1.54, 1.807) is 6.20 Å². The largest absolute Gasteiger partial charge is 0.375 e. The average Bonchev–Trinajstić information content (AvgIpc) is 2.93. The average molecular weight is 342 g/mol. The smallest absolute Gasteiger partial charge is 0.222 e. The van der Waals surface area contributed by atoms with Crippen molar-refractivity contribution in [1.29, 1.82) is 0 Å². The van der Waals surface area contributed by atoms with Crippen LogP contribution in [0.4, 0.5) is 0 Å². The lowest BCUT2D eigenvalue weighted by Gasteiger charge is -2.32. The summed E-state index contributed by atoms with van der Waals surface area (Å²) >= 11 is 0. The van der Waals surface area contributed by atoms with Gasteiger partial charge in [0.25, 0.3) is 0 Å². The molecule has 0 spiro atoms. The molecule has 6 nitrogen and oxygen atoms in total. The molecule has 0 radical (unpaired) electrons. The van der Waals surface area contributed by atoms with Gasteiger partial charge in [-0.25, -0.2) is 0 Å². The number of benzene rings is 1. The third kappa shape index (κ3) is 4.90. The van der Waals surface area contributed by atoms with E-state index in [2.05, 4.69) is 39.6 Å². The maximum Gasteiger partial charge on any atom is 0.222 e. The maximum absolute atomic E-state index is 12.2. The topological polar surface area (TPSA) is 59.4 Å². The summed E-state index contributed by atoms with van der Waals surface area (Å²) in [5.74, 6) is 0.0230. The Morgan fingerprint density at radius 3 is 2.88 bits per heavy atom. The van der Waals surface area contributed by atoms with Crippen LogP contribution < -0.4 is 5.32 Å². The Morgan fingerprint density at radius 2 is 2.16 bits per heavy atom. The molecular formula is C19H26N4O2. The predicted octanol–water partition coefficient (Wildman–Crippen LogP) is 1.64. The summed E-state index contributed by atoms with van der Waals surface area (Å²) in [5, 5.41) is 7.17. The van der Waals surface area contributed by atoms with Crippen molar-refractivity contribution in [3.8, 4) is 0 Å². The molecule has 0 unspecified atom stereocenters. The molecule has 25 heavy (non-hydrogen) atoms. The van der Waals surface area contributed by atoms with E-state index < -0.39 is 0 Å². The zero-order chi connectivity index (χ0) is 17.6. The lowest BCUT2D eigenvalue weighted by Crippen LogP contribution is -2.44. The molecule has 1 atom stereocenters. The Kier molecular flexibility index (Phi) is 5.83. The molecule has 3 rings (SSSR count). The molecule has 6 heteroatoms. The Morgan fingerprint density at radius 1 is 1.36 bits per heavy atom. The number of aryl methyl sites for hydroxylation is 1. The van der Waals surface area contributed by atoms with Crippen LogP contribution in [-0.4, -0.2) is 46.4 Å². The van der Waals surface area contributed by atoms with Gasteiger partial charge in [-0.15, -0.1) is 0 Å². The molecule has 1 saturated heterocycles. The summed E-state index contributed by atoms with van der Waals surface area (Å²) < 4.78 is 7.59. The second-order valence-corrected chi connectivity index (χ2v) is 6.57. The van der Waals surface area contributed by atoms with E-state index >= 15 is 0 Å². The highest BCUT2D eigenvalue weighted by Gasteiger charge is 2.23. The van der Waals surface area contributed by atoms with Crippen LogP contribution in [0, 0.1) is 6.92 Å². The molecule has 1 aromatic heterocycles. The van der Waals surface area contributed by atoms with Gasteiger partial charge in [-0.1, -0.05) is 30.3 Å². The van der Waals surface area contributed by atoms with Crippen molar-refractivity contribution in [2.45, 2.75) is 32.5 Å². The predicted molar refractivity (Wildman–Crippen MR) is 95.9 cm³/mol. The van der Waals surface area contributed by atoms with Crippen LogP contribution in [0.5, 0.6) is 0 Å². The van der Waals surface area contributed by atoms with Gasteiger partial charge in [0.2, 0.25) is 5.91 Å². The molecule has 134 valence electrons. The summed E-state index contributed by atoms with van der Waals surface area (Å²) in [5.41, 5.74) is 3.41. The van der Waals surface area contributed by atoms with Crippen molar-refractivity contribution in [3.05, 3.63) is 53.3 Å². The SMILES string of the molecule is Cc1c(CNC(=O)C[C@@H]2CN(Cc3ccccc3)CCO2)cnn1C. The van der Waals surface area contributed by atoms with Crippen molar-refractivity contribution in [1.82, 2.24) is 20.0 Å². The highest BCUT2D eigenvalue weighted by atomic mass is 16.5. The van der Waals surface area contributed by atoms with Crippen LogP contribution in [-0.2, 0) is 29.7 Å². The molecule has 0 bridgehead atoms. The number of morpholine rings is 1. The number of hydrogen-bond donors (Lipinski definition) is 1. The van der Waals surface area contributed by atoms with E-state index in [0.29, 0.717) is 19.6 Å². The van der Waals surface area contributed by atoms with Gasteiger partial charge >= 0.3 is 0 Å². The van der Waals surface area contributed by atoms with E-state index in [0.717, 1.165) is 30.9 Å². The van der Waals surface area contributed by atoms with Gasteiger partial charge < -0.3 is 10.1 Å². The minimum Gasteiger partial charge on any atom is -0.375 e. The van der Waals surface area contributed by atoms with E-state index in [9.17, 15) is 4.79 Å². The number of rotatable bonds is 6. The number of nitrogens with zero attached hydrogens (tertiary/aromatic N) is 3. The summed E-state index contributed by atoms with van der Waals surface area (Å²) in [6, 6.07) is 10.4. The first kappa shape index (κ1) is 17.6. The van der Waals surface area contributed by atoms with Gasteiger partial charge in [-0.05, 0) is 12.5 Å². The number of carbonyl (C=O) groups excluding carboxylic acids is 1. The van der Waals surface area contributed by atoms with Gasteiger partial charge in [-0.2, -0.15) is 5.10 Å². The summed E-state index contributed by atoms with van der Waals surface area (Å²) in [6.45, 7) is 5.78. The van der Waals surface area contributed by atoms with E-state index in [4.69, 9.17) is 4.74 Å². The van der Waals surface area contributed by atoms with Crippen LogP contribution in [0.1, 0.15) is 23.2 Å². The monoisotopic (exact) mass is 342 g/mol. The summed E-state index contributed by atoms with van der Waals surface area (Å²) in [7, 11) is 1.90. The molecule has 1 N–H and O–H groups in total. The molecule has 1 amide bonds. The van der Waals surface area contributed by atoms with Crippen molar-refractivity contribution in [2.24, 2.45) is 7.05 Å². The van der Waals surface area contributed by atoms with Crippen molar-refractivity contribution in [2.75, 3.05) is 19.7 Å². The van der Waals surface area contributed by atoms with Gasteiger partial charge in [0, 0.05) is 44.5 Å². The van der Waals surface area contributed by atoms with Crippen molar-refractivity contribution < 1.29 is 9.53 Å². The number of amides is 1. The van der Waals surface area contributed by atoms with E-state index in [-0.39, 0.29) is 12.0 Å². The Labute approximate surface area is 148 Å². The number of hydrogen-bond acceptors (Lipinski definition) is 4. The lowest BCUT2D eigenvalue weighted by atomic mass is 10.1. The molecule has 0 saturated carbocycles. The van der Waals surface area contributed by atoms with E-state index in [1.807, 2.05) is 24.7 Å². The van der Waals surface area contributed by atoms with Crippen LogP contribution >= 0.6 is 0 Å². The standard InChI is InChI=1S/C19H26N4O2/c1-15-17(12-21-22(15)2)11-20-19(24)10-18-14-23(8-9-25-18)13-16-6-4-3-5-7-16/h3-7,12,18H,8-11,13-14H2,1-2H3,(H,20,24)/t18-/m1/s1. The van der Waals surface area contributed by atoms with Crippen molar-refractivity contribution in [3.63, 3.8) is 0 Å². The zero-order valence-corrected chi connectivity index (χ0v) is 14.9. The van der Waals surface area contributed by atoms with Gasteiger partial charge in [0.15, 0.2) is 0 Å². The van der Waals surface area contributed by atoms with Crippen LogP contribution in [0.2, 0.25) is 0 Å². The molecular weight excluding hydrogens is 316 g/mol. The highest BCUT2D eigenvalue weighted by Crippen LogP contribution is 2.13.